The summed E-state index contributed by atoms with van der Waals surface area (Å²) in [6, 6.07) is 11.6. The third-order valence-corrected chi connectivity index (χ3v) is 4.16. The number of rotatable bonds is 2. The Morgan fingerprint density at radius 2 is 1.90 bits per heavy atom. The molecule has 0 radical (unpaired) electrons. The van der Waals surface area contributed by atoms with Gasteiger partial charge in [0.2, 0.25) is 0 Å². The molecule has 1 amide bonds. The van der Waals surface area contributed by atoms with Crippen molar-refractivity contribution in [1.29, 1.82) is 0 Å². The van der Waals surface area contributed by atoms with Gasteiger partial charge in [0.25, 0.3) is 0 Å². The van der Waals surface area contributed by atoms with E-state index in [1.165, 1.54) is 11.3 Å². The molecule has 0 spiro atoms. The normalized spacial score (nSPS) is 11.2. The van der Waals surface area contributed by atoms with E-state index in [1.807, 2.05) is 62.5 Å². The predicted molar refractivity (Wildman–Crippen MR) is 91.9 cm³/mol. The highest BCUT2D eigenvalue weighted by molar-refractivity contribution is 14.1. The topological polar surface area (TPSA) is 29.5 Å². The van der Waals surface area contributed by atoms with E-state index in [9.17, 15) is 4.79 Å². The number of hydrogen-bond acceptors (Lipinski definition) is 3. The second-order valence-electron chi connectivity index (χ2n) is 5.22. The van der Waals surface area contributed by atoms with Gasteiger partial charge in [-0.3, -0.25) is 0 Å². The van der Waals surface area contributed by atoms with Gasteiger partial charge in [-0.25, -0.2) is 9.69 Å². The van der Waals surface area contributed by atoms with Crippen LogP contribution in [-0.2, 0) is 4.74 Å². The number of anilines is 2. The number of benzene rings is 1. The molecular weight excluding hydrogens is 385 g/mol. The Morgan fingerprint density at radius 1 is 1.20 bits per heavy atom. The van der Waals surface area contributed by atoms with Gasteiger partial charge in [-0.1, -0.05) is 12.1 Å². The summed E-state index contributed by atoms with van der Waals surface area (Å²) >= 11 is 3.74. The molecule has 0 bridgehead atoms. The van der Waals surface area contributed by atoms with Crippen molar-refractivity contribution in [2.45, 2.75) is 26.4 Å². The smallest absolute Gasteiger partial charge is 0.420 e. The third kappa shape index (κ3) is 3.73. The van der Waals surface area contributed by atoms with Gasteiger partial charge < -0.3 is 4.74 Å². The molecule has 1 aromatic heterocycles. The van der Waals surface area contributed by atoms with Crippen LogP contribution in [0.2, 0.25) is 0 Å². The average Bonchev–Trinajstić information content (AvgIpc) is 2.83. The standard InChI is InChI=1S/C15H16INO2S/c1-15(2,3)19-14(18)17(13-9-6-10-20-13)12-8-5-4-7-11(12)16/h4-10H,1-3H3. The Kier molecular flexibility index (Phi) is 4.70. The Bertz CT molecular complexity index is 590. The Hall–Kier alpha value is -1.08. The number of carbonyl (C=O) groups is 1. The first-order valence-electron chi connectivity index (χ1n) is 6.19. The summed E-state index contributed by atoms with van der Waals surface area (Å²) in [5.74, 6) is 0. The van der Waals surface area contributed by atoms with Crippen molar-refractivity contribution in [2.24, 2.45) is 0 Å². The van der Waals surface area contributed by atoms with Gasteiger partial charge in [0.05, 0.1) is 5.69 Å². The van der Waals surface area contributed by atoms with E-state index in [0.717, 1.165) is 14.3 Å². The first kappa shape index (κ1) is 15.3. The summed E-state index contributed by atoms with van der Waals surface area (Å²) in [4.78, 5) is 14.1. The molecule has 0 aliphatic carbocycles. The fraction of sp³-hybridized carbons (Fsp3) is 0.267. The predicted octanol–water partition coefficient (Wildman–Crippen LogP) is 5.43. The Balaban J connectivity index is 2.42. The van der Waals surface area contributed by atoms with Gasteiger partial charge in [-0.15, -0.1) is 11.3 Å². The first-order chi connectivity index (χ1) is 9.38. The van der Waals surface area contributed by atoms with E-state index in [2.05, 4.69) is 22.6 Å². The van der Waals surface area contributed by atoms with E-state index in [0.29, 0.717) is 0 Å². The number of halogens is 1. The summed E-state index contributed by atoms with van der Waals surface area (Å²) in [6.45, 7) is 5.61. The molecule has 3 nitrogen and oxygen atoms in total. The largest absolute Gasteiger partial charge is 0.443 e. The molecule has 2 aromatic rings. The molecule has 2 rings (SSSR count). The van der Waals surface area contributed by atoms with Crippen LogP contribution in [0.5, 0.6) is 0 Å². The fourth-order valence-electron chi connectivity index (χ4n) is 1.64. The number of hydrogen-bond donors (Lipinski definition) is 0. The molecule has 0 unspecified atom stereocenters. The van der Waals surface area contributed by atoms with E-state index in [4.69, 9.17) is 4.74 Å². The second kappa shape index (κ2) is 6.13. The van der Waals surface area contributed by atoms with Crippen LogP contribution >= 0.6 is 33.9 Å². The minimum Gasteiger partial charge on any atom is -0.443 e. The van der Waals surface area contributed by atoms with E-state index >= 15 is 0 Å². The average molecular weight is 401 g/mol. The lowest BCUT2D eigenvalue weighted by atomic mass is 10.2. The van der Waals surface area contributed by atoms with E-state index in [-0.39, 0.29) is 6.09 Å². The minimum atomic E-state index is -0.521. The molecule has 0 N–H and O–H groups in total. The maximum Gasteiger partial charge on any atom is 0.420 e. The van der Waals surface area contributed by atoms with Crippen LogP contribution < -0.4 is 4.90 Å². The minimum absolute atomic E-state index is 0.357. The van der Waals surface area contributed by atoms with Gasteiger partial charge in [-0.05, 0) is 73.0 Å². The molecule has 0 atom stereocenters. The number of carbonyl (C=O) groups excluding carboxylic acids is 1. The number of amides is 1. The lowest BCUT2D eigenvalue weighted by molar-refractivity contribution is 0.0600. The fourth-order valence-corrected chi connectivity index (χ4v) is 3.01. The molecule has 20 heavy (non-hydrogen) atoms. The van der Waals surface area contributed by atoms with Crippen LogP contribution in [0.15, 0.2) is 41.8 Å². The zero-order valence-corrected chi connectivity index (χ0v) is 14.6. The molecule has 0 saturated carbocycles. The molecule has 0 fully saturated rings. The highest BCUT2D eigenvalue weighted by Crippen LogP contribution is 2.34. The monoisotopic (exact) mass is 401 g/mol. The van der Waals surface area contributed by atoms with Crippen LogP contribution in [0, 0.1) is 3.57 Å². The third-order valence-electron chi connectivity index (χ3n) is 2.40. The van der Waals surface area contributed by atoms with Crippen molar-refractivity contribution < 1.29 is 9.53 Å². The molecule has 106 valence electrons. The van der Waals surface area contributed by atoms with Crippen molar-refractivity contribution >= 4 is 50.7 Å². The molecule has 5 heteroatoms. The second-order valence-corrected chi connectivity index (χ2v) is 7.31. The first-order valence-corrected chi connectivity index (χ1v) is 8.15. The van der Waals surface area contributed by atoms with Crippen LogP contribution in [0.1, 0.15) is 20.8 Å². The molecule has 0 aliphatic rings. The van der Waals surface area contributed by atoms with Crippen LogP contribution in [0.4, 0.5) is 15.5 Å². The number of ether oxygens (including phenoxy) is 1. The quantitative estimate of drug-likeness (QED) is 0.629. The Labute approximate surface area is 136 Å². The maximum atomic E-state index is 12.5. The van der Waals surface area contributed by atoms with Crippen LogP contribution in [-0.4, -0.2) is 11.7 Å². The number of nitrogens with zero attached hydrogens (tertiary/aromatic N) is 1. The van der Waals surface area contributed by atoms with E-state index in [1.54, 1.807) is 4.90 Å². The lowest BCUT2D eigenvalue weighted by Gasteiger charge is -2.27. The van der Waals surface area contributed by atoms with Crippen molar-refractivity contribution in [2.75, 3.05) is 4.90 Å². The van der Waals surface area contributed by atoms with Crippen molar-refractivity contribution in [3.05, 3.63) is 45.3 Å². The van der Waals surface area contributed by atoms with Gasteiger partial charge >= 0.3 is 6.09 Å². The highest BCUT2D eigenvalue weighted by atomic mass is 127. The zero-order valence-electron chi connectivity index (χ0n) is 11.6. The summed E-state index contributed by atoms with van der Waals surface area (Å²) in [5, 5.41) is 2.80. The van der Waals surface area contributed by atoms with Crippen LogP contribution in [0.3, 0.4) is 0 Å². The number of para-hydroxylation sites is 1. The van der Waals surface area contributed by atoms with Gasteiger partial charge in [0, 0.05) is 3.57 Å². The van der Waals surface area contributed by atoms with E-state index < -0.39 is 5.60 Å². The van der Waals surface area contributed by atoms with Gasteiger partial charge in [0.15, 0.2) is 0 Å². The summed E-state index contributed by atoms with van der Waals surface area (Å²) in [7, 11) is 0. The summed E-state index contributed by atoms with van der Waals surface area (Å²) in [5.41, 5.74) is 0.317. The van der Waals surface area contributed by atoms with Gasteiger partial charge in [0.1, 0.15) is 10.6 Å². The number of thiophene rings is 1. The van der Waals surface area contributed by atoms with Crippen LogP contribution in [0.25, 0.3) is 0 Å². The molecule has 1 aromatic carbocycles. The van der Waals surface area contributed by atoms with Crippen molar-refractivity contribution in [3.63, 3.8) is 0 Å². The molecule has 1 heterocycles. The van der Waals surface area contributed by atoms with Crippen molar-refractivity contribution in [1.82, 2.24) is 0 Å². The molecule has 0 saturated heterocycles. The SMILES string of the molecule is CC(C)(C)OC(=O)N(c1cccs1)c1ccccc1I. The summed E-state index contributed by atoms with van der Waals surface area (Å²) < 4.78 is 6.53. The molecular formula is C15H16INO2S. The maximum absolute atomic E-state index is 12.5. The summed E-state index contributed by atoms with van der Waals surface area (Å²) in [6.07, 6.45) is -0.357. The zero-order chi connectivity index (χ0) is 14.8. The highest BCUT2D eigenvalue weighted by Gasteiger charge is 2.26. The molecule has 0 aliphatic heterocycles. The van der Waals surface area contributed by atoms with Crippen molar-refractivity contribution in [3.8, 4) is 0 Å². The Morgan fingerprint density at radius 3 is 2.45 bits per heavy atom. The van der Waals surface area contributed by atoms with Gasteiger partial charge in [-0.2, -0.15) is 0 Å². The lowest BCUT2D eigenvalue weighted by Crippen LogP contribution is -2.33.